The Bertz CT molecular complexity index is 891. The van der Waals surface area contributed by atoms with Gasteiger partial charge in [-0.3, -0.25) is 4.79 Å². The Balaban J connectivity index is 1.53. The summed E-state index contributed by atoms with van der Waals surface area (Å²) in [5.41, 5.74) is 3.79. The van der Waals surface area contributed by atoms with Gasteiger partial charge in [0.1, 0.15) is 5.01 Å². The number of aliphatic hydroxyl groups excluding tert-OH is 1. The molecule has 6 heteroatoms. The SMILES string of the molecule is CCc1ccc(-c2nc(CC(=O)NCC(O)c3ccc(Cl)cc3)cs2)cc1. The number of hydrogen-bond donors (Lipinski definition) is 2. The fourth-order valence-electron chi connectivity index (χ4n) is 2.64. The molecule has 0 saturated carbocycles. The molecule has 0 aliphatic carbocycles. The second-order valence-corrected chi connectivity index (χ2v) is 7.54. The molecule has 0 saturated heterocycles. The van der Waals surface area contributed by atoms with Gasteiger partial charge in [-0.25, -0.2) is 4.98 Å². The van der Waals surface area contributed by atoms with Crippen molar-refractivity contribution in [2.75, 3.05) is 6.54 Å². The molecule has 27 heavy (non-hydrogen) atoms. The number of halogens is 1. The van der Waals surface area contributed by atoms with Gasteiger partial charge in [0, 0.05) is 22.5 Å². The number of aryl methyl sites for hydroxylation is 1. The van der Waals surface area contributed by atoms with Crippen molar-refractivity contribution in [1.29, 1.82) is 0 Å². The van der Waals surface area contributed by atoms with Crippen molar-refractivity contribution in [3.8, 4) is 10.6 Å². The van der Waals surface area contributed by atoms with Gasteiger partial charge >= 0.3 is 0 Å². The van der Waals surface area contributed by atoms with Gasteiger partial charge in [-0.05, 0) is 29.7 Å². The van der Waals surface area contributed by atoms with Crippen LogP contribution in [0.2, 0.25) is 5.02 Å². The maximum atomic E-state index is 12.2. The molecule has 0 spiro atoms. The highest BCUT2D eigenvalue weighted by Gasteiger charge is 2.12. The molecule has 2 N–H and O–H groups in total. The van der Waals surface area contributed by atoms with Gasteiger partial charge in [-0.15, -0.1) is 11.3 Å². The van der Waals surface area contributed by atoms with E-state index >= 15 is 0 Å². The number of nitrogens with one attached hydrogen (secondary N) is 1. The van der Waals surface area contributed by atoms with E-state index in [1.807, 2.05) is 5.38 Å². The highest BCUT2D eigenvalue weighted by atomic mass is 35.5. The van der Waals surface area contributed by atoms with Gasteiger partial charge in [0.05, 0.1) is 18.2 Å². The second kappa shape index (κ2) is 9.13. The third-order valence-electron chi connectivity index (χ3n) is 4.25. The summed E-state index contributed by atoms with van der Waals surface area (Å²) in [7, 11) is 0. The molecule has 0 radical (unpaired) electrons. The fourth-order valence-corrected chi connectivity index (χ4v) is 3.60. The van der Waals surface area contributed by atoms with Crippen LogP contribution in [0.3, 0.4) is 0 Å². The molecular formula is C21H21ClN2O2S. The fraction of sp³-hybridized carbons (Fsp3) is 0.238. The van der Waals surface area contributed by atoms with Crippen LogP contribution in [0.1, 0.15) is 29.8 Å². The average molecular weight is 401 g/mol. The molecule has 1 unspecified atom stereocenters. The first-order valence-electron chi connectivity index (χ1n) is 8.79. The summed E-state index contributed by atoms with van der Waals surface area (Å²) in [4.78, 5) is 16.7. The number of amides is 1. The second-order valence-electron chi connectivity index (χ2n) is 6.24. The molecule has 2 aromatic carbocycles. The van der Waals surface area contributed by atoms with Gasteiger partial charge in [0.25, 0.3) is 0 Å². The number of aromatic nitrogens is 1. The Labute approximate surface area is 167 Å². The summed E-state index contributed by atoms with van der Waals surface area (Å²) >= 11 is 7.37. The maximum Gasteiger partial charge on any atom is 0.226 e. The Kier molecular flexibility index (Phi) is 6.61. The third-order valence-corrected chi connectivity index (χ3v) is 5.44. The first-order valence-corrected chi connectivity index (χ1v) is 10.0. The van der Waals surface area contributed by atoms with E-state index in [0.29, 0.717) is 10.6 Å². The van der Waals surface area contributed by atoms with Crippen LogP contribution >= 0.6 is 22.9 Å². The zero-order valence-electron chi connectivity index (χ0n) is 15.0. The summed E-state index contributed by atoms with van der Waals surface area (Å²) in [6, 6.07) is 15.2. The standard InChI is InChI=1S/C21H21ClN2O2S/c1-2-14-3-5-16(6-4-14)21-24-18(13-27-21)11-20(26)23-12-19(25)15-7-9-17(22)10-8-15/h3-10,13,19,25H,2,11-12H2,1H3,(H,23,26). The van der Waals surface area contributed by atoms with Crippen LogP contribution in [0.15, 0.2) is 53.9 Å². The van der Waals surface area contributed by atoms with Crippen LogP contribution in [0.4, 0.5) is 0 Å². The van der Waals surface area contributed by atoms with Crippen LogP contribution in [-0.2, 0) is 17.6 Å². The van der Waals surface area contributed by atoms with E-state index in [0.717, 1.165) is 22.7 Å². The average Bonchev–Trinajstić information content (AvgIpc) is 3.15. The monoisotopic (exact) mass is 400 g/mol. The van der Waals surface area contributed by atoms with E-state index in [4.69, 9.17) is 11.6 Å². The Morgan fingerprint density at radius 1 is 1.19 bits per heavy atom. The molecule has 4 nitrogen and oxygen atoms in total. The number of nitrogens with zero attached hydrogens (tertiary/aromatic N) is 1. The van der Waals surface area contributed by atoms with E-state index in [2.05, 4.69) is 41.5 Å². The molecule has 0 aliphatic heterocycles. The molecule has 3 rings (SSSR count). The molecule has 140 valence electrons. The minimum atomic E-state index is -0.769. The lowest BCUT2D eigenvalue weighted by atomic mass is 10.1. The van der Waals surface area contributed by atoms with Crippen molar-refractivity contribution in [1.82, 2.24) is 10.3 Å². The lowest BCUT2D eigenvalue weighted by molar-refractivity contribution is -0.120. The van der Waals surface area contributed by atoms with Gasteiger partial charge in [-0.1, -0.05) is 54.9 Å². The van der Waals surface area contributed by atoms with Crippen molar-refractivity contribution in [2.24, 2.45) is 0 Å². The summed E-state index contributed by atoms with van der Waals surface area (Å²) in [5.74, 6) is -0.166. The number of aliphatic hydroxyl groups is 1. The van der Waals surface area contributed by atoms with E-state index in [-0.39, 0.29) is 18.9 Å². The topological polar surface area (TPSA) is 62.2 Å². The van der Waals surface area contributed by atoms with E-state index in [1.54, 1.807) is 24.3 Å². The highest BCUT2D eigenvalue weighted by Crippen LogP contribution is 2.24. The van der Waals surface area contributed by atoms with Crippen LogP contribution in [0.5, 0.6) is 0 Å². The predicted octanol–water partition coefficient (Wildman–Crippen LogP) is 4.42. The van der Waals surface area contributed by atoms with Crippen molar-refractivity contribution in [3.05, 3.63) is 75.8 Å². The zero-order chi connectivity index (χ0) is 19.2. The van der Waals surface area contributed by atoms with E-state index in [1.165, 1.54) is 16.9 Å². The van der Waals surface area contributed by atoms with Crippen molar-refractivity contribution in [3.63, 3.8) is 0 Å². The molecule has 1 aromatic heterocycles. The van der Waals surface area contributed by atoms with Crippen molar-refractivity contribution >= 4 is 28.8 Å². The van der Waals surface area contributed by atoms with Crippen LogP contribution < -0.4 is 5.32 Å². The maximum absolute atomic E-state index is 12.2. The van der Waals surface area contributed by atoms with Gasteiger partial charge < -0.3 is 10.4 Å². The van der Waals surface area contributed by atoms with Crippen molar-refractivity contribution < 1.29 is 9.90 Å². The predicted molar refractivity (Wildman–Crippen MR) is 110 cm³/mol. The van der Waals surface area contributed by atoms with E-state index in [9.17, 15) is 9.90 Å². The summed E-state index contributed by atoms with van der Waals surface area (Å²) in [6.45, 7) is 2.27. The number of benzene rings is 2. The Morgan fingerprint density at radius 3 is 2.56 bits per heavy atom. The van der Waals surface area contributed by atoms with Crippen LogP contribution in [-0.4, -0.2) is 22.5 Å². The smallest absolute Gasteiger partial charge is 0.226 e. The minimum Gasteiger partial charge on any atom is -0.387 e. The number of carbonyl (C=O) groups is 1. The molecule has 1 amide bonds. The zero-order valence-corrected chi connectivity index (χ0v) is 16.6. The molecule has 0 fully saturated rings. The molecule has 3 aromatic rings. The number of thiazole rings is 1. The minimum absolute atomic E-state index is 0.149. The highest BCUT2D eigenvalue weighted by molar-refractivity contribution is 7.13. The number of hydrogen-bond acceptors (Lipinski definition) is 4. The summed E-state index contributed by atoms with van der Waals surface area (Å²) in [5, 5.41) is 16.3. The normalized spacial score (nSPS) is 12.0. The van der Waals surface area contributed by atoms with E-state index < -0.39 is 6.10 Å². The molecule has 0 aliphatic rings. The first-order chi connectivity index (χ1) is 13.0. The Hall–Kier alpha value is -2.21. The largest absolute Gasteiger partial charge is 0.387 e. The van der Waals surface area contributed by atoms with Gasteiger partial charge in [0.15, 0.2) is 0 Å². The quantitative estimate of drug-likeness (QED) is 0.617. The summed E-state index contributed by atoms with van der Waals surface area (Å²) in [6.07, 6.45) is 0.428. The summed E-state index contributed by atoms with van der Waals surface area (Å²) < 4.78 is 0. The lowest BCUT2D eigenvalue weighted by Crippen LogP contribution is -2.29. The molecule has 1 heterocycles. The molecular weight excluding hydrogens is 380 g/mol. The number of carbonyl (C=O) groups excluding carboxylic acids is 1. The van der Waals surface area contributed by atoms with Gasteiger partial charge in [0.2, 0.25) is 5.91 Å². The van der Waals surface area contributed by atoms with Crippen LogP contribution in [0.25, 0.3) is 10.6 Å². The number of rotatable bonds is 7. The first kappa shape index (κ1) is 19.5. The van der Waals surface area contributed by atoms with Crippen molar-refractivity contribution in [2.45, 2.75) is 25.9 Å². The molecule has 1 atom stereocenters. The van der Waals surface area contributed by atoms with Crippen LogP contribution in [0, 0.1) is 0 Å². The lowest BCUT2D eigenvalue weighted by Gasteiger charge is -2.12. The Morgan fingerprint density at radius 2 is 1.89 bits per heavy atom. The third kappa shape index (κ3) is 5.39. The molecule has 0 bridgehead atoms. The van der Waals surface area contributed by atoms with Gasteiger partial charge in [-0.2, -0.15) is 0 Å².